The molecule has 0 fully saturated rings. The summed E-state index contributed by atoms with van der Waals surface area (Å²) in [5, 5.41) is 0. The molecular weight excluding hydrogens is 306 g/mol. The van der Waals surface area contributed by atoms with E-state index in [9.17, 15) is 0 Å². The molecular formula is C14H18BrN3O. The van der Waals surface area contributed by atoms with Crippen LogP contribution >= 0.6 is 15.9 Å². The van der Waals surface area contributed by atoms with E-state index in [1.807, 2.05) is 6.07 Å². The first-order chi connectivity index (χ1) is 8.99. The summed E-state index contributed by atoms with van der Waals surface area (Å²) in [6.45, 7) is 6.60. The molecule has 0 aliphatic heterocycles. The first-order valence-corrected chi connectivity index (χ1v) is 6.88. The number of ether oxygens (including phenoxy) is 1. The van der Waals surface area contributed by atoms with E-state index in [-0.39, 0.29) is 0 Å². The quantitative estimate of drug-likeness (QED) is 0.911. The van der Waals surface area contributed by atoms with Crippen LogP contribution in [-0.4, -0.2) is 17.1 Å². The summed E-state index contributed by atoms with van der Waals surface area (Å²) in [4.78, 5) is 7.69. The van der Waals surface area contributed by atoms with Crippen molar-refractivity contribution in [3.63, 3.8) is 0 Å². The Bertz CT molecular complexity index is 620. The van der Waals surface area contributed by atoms with Crippen LogP contribution in [0.4, 0.5) is 0 Å². The number of imidazole rings is 1. The van der Waals surface area contributed by atoms with E-state index in [4.69, 9.17) is 10.5 Å². The molecule has 102 valence electrons. The number of aromatic nitrogens is 2. The molecule has 0 bridgehead atoms. The lowest BCUT2D eigenvalue weighted by Gasteiger charge is -2.14. The van der Waals surface area contributed by atoms with Crippen molar-refractivity contribution >= 4 is 15.9 Å². The number of methoxy groups -OCH3 is 1. The SMILES string of the molecule is COc1cc(C)c(-c2nc(CN)[nH]c2Br)c(C)c1C. The van der Waals surface area contributed by atoms with Gasteiger partial charge in [-0.2, -0.15) is 0 Å². The molecule has 3 N–H and O–H groups in total. The Kier molecular flexibility index (Phi) is 3.96. The molecule has 0 radical (unpaired) electrons. The van der Waals surface area contributed by atoms with Crippen molar-refractivity contribution in [2.45, 2.75) is 27.3 Å². The van der Waals surface area contributed by atoms with Crippen LogP contribution in [0.1, 0.15) is 22.5 Å². The van der Waals surface area contributed by atoms with Crippen molar-refractivity contribution < 1.29 is 4.74 Å². The number of aromatic amines is 1. The van der Waals surface area contributed by atoms with Crippen molar-refractivity contribution in [1.82, 2.24) is 9.97 Å². The van der Waals surface area contributed by atoms with Crippen LogP contribution in [0.2, 0.25) is 0 Å². The summed E-state index contributed by atoms with van der Waals surface area (Å²) in [5.74, 6) is 1.68. The van der Waals surface area contributed by atoms with Gasteiger partial charge in [-0.15, -0.1) is 0 Å². The van der Waals surface area contributed by atoms with Gasteiger partial charge in [0.15, 0.2) is 0 Å². The smallest absolute Gasteiger partial charge is 0.122 e. The lowest BCUT2D eigenvalue weighted by Crippen LogP contribution is -1.99. The largest absolute Gasteiger partial charge is 0.496 e. The van der Waals surface area contributed by atoms with Gasteiger partial charge in [-0.05, 0) is 59.5 Å². The summed E-state index contributed by atoms with van der Waals surface area (Å²) < 4.78 is 6.26. The predicted molar refractivity (Wildman–Crippen MR) is 80.4 cm³/mol. The third kappa shape index (κ3) is 2.40. The molecule has 0 spiro atoms. The van der Waals surface area contributed by atoms with Crippen LogP contribution in [0.15, 0.2) is 10.7 Å². The average molecular weight is 324 g/mol. The van der Waals surface area contributed by atoms with E-state index < -0.39 is 0 Å². The number of halogens is 1. The molecule has 1 aromatic carbocycles. The third-order valence-electron chi connectivity index (χ3n) is 3.41. The maximum atomic E-state index is 5.63. The van der Waals surface area contributed by atoms with Crippen LogP contribution < -0.4 is 10.5 Å². The first kappa shape index (κ1) is 14.1. The van der Waals surface area contributed by atoms with Gasteiger partial charge >= 0.3 is 0 Å². The molecule has 0 atom stereocenters. The van der Waals surface area contributed by atoms with Crippen LogP contribution in [0.5, 0.6) is 5.75 Å². The second kappa shape index (κ2) is 5.35. The summed E-state index contributed by atoms with van der Waals surface area (Å²) in [6.07, 6.45) is 0. The van der Waals surface area contributed by atoms with Crippen molar-refractivity contribution in [1.29, 1.82) is 0 Å². The van der Waals surface area contributed by atoms with Crippen LogP contribution in [-0.2, 0) is 6.54 Å². The monoisotopic (exact) mass is 323 g/mol. The van der Waals surface area contributed by atoms with E-state index >= 15 is 0 Å². The van der Waals surface area contributed by atoms with Gasteiger partial charge in [0, 0.05) is 5.56 Å². The van der Waals surface area contributed by atoms with Crippen LogP contribution in [0, 0.1) is 20.8 Å². The average Bonchev–Trinajstić information content (AvgIpc) is 2.75. The molecule has 1 heterocycles. The fraction of sp³-hybridized carbons (Fsp3) is 0.357. The number of hydrogen-bond acceptors (Lipinski definition) is 3. The highest BCUT2D eigenvalue weighted by atomic mass is 79.9. The van der Waals surface area contributed by atoms with Crippen molar-refractivity contribution in [3.05, 3.63) is 33.2 Å². The minimum absolute atomic E-state index is 0.395. The molecule has 0 aliphatic carbocycles. The predicted octanol–water partition coefficient (Wildman–Crippen LogP) is 3.23. The van der Waals surface area contributed by atoms with Gasteiger partial charge in [0.05, 0.1) is 13.7 Å². The minimum Gasteiger partial charge on any atom is -0.496 e. The highest BCUT2D eigenvalue weighted by Crippen LogP contribution is 2.36. The molecule has 0 unspecified atom stereocenters. The van der Waals surface area contributed by atoms with Crippen molar-refractivity contribution in [2.24, 2.45) is 5.73 Å². The number of nitrogens with one attached hydrogen (secondary N) is 1. The Morgan fingerprint density at radius 3 is 2.53 bits per heavy atom. The lowest BCUT2D eigenvalue weighted by atomic mass is 9.95. The second-order valence-electron chi connectivity index (χ2n) is 4.57. The summed E-state index contributed by atoms with van der Waals surface area (Å²) in [7, 11) is 1.69. The molecule has 2 rings (SSSR count). The molecule has 5 heteroatoms. The molecule has 0 amide bonds. The van der Waals surface area contributed by atoms with Crippen molar-refractivity contribution in [3.8, 4) is 17.0 Å². The first-order valence-electron chi connectivity index (χ1n) is 6.09. The number of nitrogens with two attached hydrogens (primary N) is 1. The number of aryl methyl sites for hydroxylation is 1. The fourth-order valence-electron chi connectivity index (χ4n) is 2.28. The van der Waals surface area contributed by atoms with E-state index in [2.05, 4.69) is 46.7 Å². The number of H-pyrrole nitrogens is 1. The zero-order chi connectivity index (χ0) is 14.2. The second-order valence-corrected chi connectivity index (χ2v) is 5.36. The summed E-state index contributed by atoms with van der Waals surface area (Å²) in [5.41, 5.74) is 11.1. The van der Waals surface area contributed by atoms with E-state index in [0.29, 0.717) is 6.54 Å². The molecule has 4 nitrogen and oxygen atoms in total. The van der Waals surface area contributed by atoms with E-state index in [1.54, 1.807) is 7.11 Å². The Labute approximate surface area is 121 Å². The molecule has 2 aromatic rings. The van der Waals surface area contributed by atoms with E-state index in [1.165, 1.54) is 5.56 Å². The molecule has 1 aromatic heterocycles. The highest BCUT2D eigenvalue weighted by molar-refractivity contribution is 9.10. The molecule has 19 heavy (non-hydrogen) atoms. The zero-order valence-electron chi connectivity index (χ0n) is 11.6. The van der Waals surface area contributed by atoms with Gasteiger partial charge in [0.1, 0.15) is 21.9 Å². The molecule has 0 saturated heterocycles. The Balaban J connectivity index is 2.68. The van der Waals surface area contributed by atoms with Crippen LogP contribution in [0.25, 0.3) is 11.3 Å². The number of benzene rings is 1. The molecule has 0 aliphatic rings. The van der Waals surface area contributed by atoms with Crippen LogP contribution in [0.3, 0.4) is 0 Å². The van der Waals surface area contributed by atoms with Gasteiger partial charge in [-0.3, -0.25) is 0 Å². The van der Waals surface area contributed by atoms with Gasteiger partial charge in [-0.1, -0.05) is 0 Å². The number of hydrogen-bond donors (Lipinski definition) is 2. The highest BCUT2D eigenvalue weighted by Gasteiger charge is 2.17. The summed E-state index contributed by atoms with van der Waals surface area (Å²) >= 11 is 3.52. The lowest BCUT2D eigenvalue weighted by molar-refractivity contribution is 0.411. The number of rotatable bonds is 3. The van der Waals surface area contributed by atoms with Gasteiger partial charge < -0.3 is 15.5 Å². The Morgan fingerprint density at radius 1 is 1.32 bits per heavy atom. The zero-order valence-corrected chi connectivity index (χ0v) is 13.2. The van der Waals surface area contributed by atoms with E-state index in [0.717, 1.165) is 38.6 Å². The topological polar surface area (TPSA) is 63.9 Å². The summed E-state index contributed by atoms with van der Waals surface area (Å²) in [6, 6.07) is 2.04. The molecule has 0 saturated carbocycles. The maximum absolute atomic E-state index is 5.63. The third-order valence-corrected chi connectivity index (χ3v) is 3.98. The number of nitrogens with zero attached hydrogens (tertiary/aromatic N) is 1. The van der Waals surface area contributed by atoms with Gasteiger partial charge in [0.2, 0.25) is 0 Å². The Hall–Kier alpha value is -1.33. The normalized spacial score (nSPS) is 10.8. The van der Waals surface area contributed by atoms with Gasteiger partial charge in [0.25, 0.3) is 0 Å². The van der Waals surface area contributed by atoms with Gasteiger partial charge in [-0.25, -0.2) is 4.98 Å². The van der Waals surface area contributed by atoms with Crippen molar-refractivity contribution in [2.75, 3.05) is 7.11 Å². The maximum Gasteiger partial charge on any atom is 0.122 e. The fourth-order valence-corrected chi connectivity index (χ4v) is 2.80. The Morgan fingerprint density at radius 2 is 2.00 bits per heavy atom. The standard InChI is InChI=1S/C14H18BrN3O/c1-7-5-10(19-4)8(2)9(3)12(7)13-14(15)18-11(6-16)17-13/h5H,6,16H2,1-4H3,(H,17,18). The minimum atomic E-state index is 0.395.